The summed E-state index contributed by atoms with van der Waals surface area (Å²) in [5.74, 6) is 1.80. The molecule has 1 rings (SSSR count). The molecule has 0 heterocycles. The van der Waals surface area contributed by atoms with Crippen molar-refractivity contribution in [3.8, 4) is 11.5 Å². The first-order chi connectivity index (χ1) is 8.92. The van der Waals surface area contributed by atoms with E-state index in [9.17, 15) is 0 Å². The second kappa shape index (κ2) is 6.66. The fourth-order valence-electron chi connectivity index (χ4n) is 2.12. The zero-order valence-corrected chi connectivity index (χ0v) is 12.9. The van der Waals surface area contributed by atoms with E-state index in [1.807, 2.05) is 19.9 Å². The third-order valence-corrected chi connectivity index (χ3v) is 3.53. The lowest BCUT2D eigenvalue weighted by molar-refractivity contribution is 0.398. The molecule has 1 atom stereocenters. The molecule has 4 heteroatoms. The Labute approximate surface area is 116 Å². The minimum absolute atomic E-state index is 0.196. The van der Waals surface area contributed by atoms with Gasteiger partial charge in [-0.25, -0.2) is 0 Å². The molecule has 108 valence electrons. The summed E-state index contributed by atoms with van der Waals surface area (Å²) >= 11 is 0. The second-order valence-electron chi connectivity index (χ2n) is 5.07. The summed E-state index contributed by atoms with van der Waals surface area (Å²) in [6.45, 7) is 7.01. The lowest BCUT2D eigenvalue weighted by Gasteiger charge is -2.25. The predicted octanol–water partition coefficient (Wildman–Crippen LogP) is 2.49. The fraction of sp³-hybridized carbons (Fsp3) is 0.600. The van der Waals surface area contributed by atoms with E-state index >= 15 is 0 Å². The van der Waals surface area contributed by atoms with Gasteiger partial charge in [0, 0.05) is 25.7 Å². The van der Waals surface area contributed by atoms with Crippen LogP contribution in [-0.4, -0.2) is 33.9 Å². The van der Waals surface area contributed by atoms with Crippen molar-refractivity contribution in [3.05, 3.63) is 17.2 Å². The van der Waals surface area contributed by atoms with Crippen LogP contribution in [0.2, 0.25) is 0 Å². The molecule has 0 fully saturated rings. The highest BCUT2D eigenvalue weighted by Gasteiger charge is 2.16. The van der Waals surface area contributed by atoms with Crippen molar-refractivity contribution in [1.82, 2.24) is 0 Å². The first-order valence-corrected chi connectivity index (χ1v) is 6.61. The Kier molecular flexibility index (Phi) is 5.48. The third kappa shape index (κ3) is 3.53. The van der Waals surface area contributed by atoms with E-state index in [1.165, 1.54) is 0 Å². The van der Waals surface area contributed by atoms with Crippen molar-refractivity contribution >= 4 is 5.69 Å². The molecule has 0 saturated heterocycles. The zero-order valence-electron chi connectivity index (χ0n) is 12.9. The van der Waals surface area contributed by atoms with Gasteiger partial charge in [0.25, 0.3) is 0 Å². The molecule has 2 N–H and O–H groups in total. The fourth-order valence-corrected chi connectivity index (χ4v) is 2.12. The number of hydrogen-bond acceptors (Lipinski definition) is 4. The van der Waals surface area contributed by atoms with E-state index in [1.54, 1.807) is 14.2 Å². The summed E-state index contributed by atoms with van der Waals surface area (Å²) in [7, 11) is 5.45. The van der Waals surface area contributed by atoms with Gasteiger partial charge in [-0.3, -0.25) is 0 Å². The number of nitrogens with zero attached hydrogens (tertiary/aromatic N) is 1. The van der Waals surface area contributed by atoms with Gasteiger partial charge >= 0.3 is 0 Å². The van der Waals surface area contributed by atoms with Crippen molar-refractivity contribution in [2.24, 2.45) is 5.73 Å². The molecule has 0 spiro atoms. The molecule has 1 unspecified atom stereocenters. The summed E-state index contributed by atoms with van der Waals surface area (Å²) in [5, 5.41) is 0. The van der Waals surface area contributed by atoms with Crippen LogP contribution in [0, 0.1) is 13.8 Å². The summed E-state index contributed by atoms with van der Waals surface area (Å²) in [6.07, 6.45) is 0.939. The van der Waals surface area contributed by atoms with E-state index in [2.05, 4.69) is 18.9 Å². The molecule has 0 amide bonds. The molecule has 0 saturated carbocycles. The first kappa shape index (κ1) is 15.6. The van der Waals surface area contributed by atoms with Crippen LogP contribution in [0.15, 0.2) is 6.07 Å². The molecular weight excluding hydrogens is 240 g/mol. The highest BCUT2D eigenvalue weighted by molar-refractivity contribution is 5.67. The third-order valence-electron chi connectivity index (χ3n) is 3.53. The highest BCUT2D eigenvalue weighted by Crippen LogP contribution is 2.38. The summed E-state index contributed by atoms with van der Waals surface area (Å²) in [4.78, 5) is 2.16. The SMILES string of the molecule is COc1cc(N(C)CCC(C)N)c(OC)c(C)c1C. The van der Waals surface area contributed by atoms with Gasteiger partial charge in [0.1, 0.15) is 11.5 Å². The van der Waals surface area contributed by atoms with E-state index in [-0.39, 0.29) is 6.04 Å². The van der Waals surface area contributed by atoms with Crippen molar-refractivity contribution < 1.29 is 9.47 Å². The second-order valence-corrected chi connectivity index (χ2v) is 5.07. The number of methoxy groups -OCH3 is 2. The van der Waals surface area contributed by atoms with Crippen LogP contribution >= 0.6 is 0 Å². The number of hydrogen-bond donors (Lipinski definition) is 1. The predicted molar refractivity (Wildman–Crippen MR) is 80.6 cm³/mol. The first-order valence-electron chi connectivity index (χ1n) is 6.61. The molecular formula is C15H26N2O2. The molecule has 0 bridgehead atoms. The molecule has 0 aliphatic heterocycles. The Balaban J connectivity index is 3.14. The highest BCUT2D eigenvalue weighted by atomic mass is 16.5. The molecule has 19 heavy (non-hydrogen) atoms. The Morgan fingerprint density at radius 1 is 1.21 bits per heavy atom. The number of ether oxygens (including phenoxy) is 2. The van der Waals surface area contributed by atoms with Gasteiger partial charge in [0.2, 0.25) is 0 Å². The van der Waals surface area contributed by atoms with Crippen molar-refractivity contribution in [3.63, 3.8) is 0 Å². The van der Waals surface area contributed by atoms with Crippen LogP contribution in [0.1, 0.15) is 24.5 Å². The van der Waals surface area contributed by atoms with Gasteiger partial charge in [-0.05, 0) is 38.3 Å². The average Bonchev–Trinajstić information content (AvgIpc) is 2.38. The molecule has 0 aliphatic carbocycles. The monoisotopic (exact) mass is 266 g/mol. The number of anilines is 1. The molecule has 0 radical (unpaired) electrons. The maximum atomic E-state index is 5.82. The summed E-state index contributed by atoms with van der Waals surface area (Å²) < 4.78 is 11.0. The van der Waals surface area contributed by atoms with E-state index in [0.717, 1.165) is 41.3 Å². The topological polar surface area (TPSA) is 47.7 Å². The molecule has 0 aliphatic rings. The Morgan fingerprint density at radius 3 is 2.32 bits per heavy atom. The van der Waals surface area contributed by atoms with Crippen LogP contribution in [-0.2, 0) is 0 Å². The van der Waals surface area contributed by atoms with Crippen LogP contribution in [0.5, 0.6) is 11.5 Å². The van der Waals surface area contributed by atoms with E-state index in [0.29, 0.717) is 0 Å². The van der Waals surface area contributed by atoms with Gasteiger partial charge in [-0.15, -0.1) is 0 Å². The largest absolute Gasteiger partial charge is 0.496 e. The quantitative estimate of drug-likeness (QED) is 0.859. The minimum atomic E-state index is 0.196. The lowest BCUT2D eigenvalue weighted by atomic mass is 10.1. The standard InChI is InChI=1S/C15H26N2O2/c1-10(16)7-8-17(4)13-9-14(18-5)11(2)12(3)15(13)19-6/h9-10H,7-8,16H2,1-6H3. The van der Waals surface area contributed by atoms with Gasteiger partial charge in [0.05, 0.1) is 19.9 Å². The molecule has 0 aromatic heterocycles. The number of benzene rings is 1. The van der Waals surface area contributed by atoms with Crippen LogP contribution < -0.4 is 20.1 Å². The minimum Gasteiger partial charge on any atom is -0.496 e. The normalized spacial score (nSPS) is 12.2. The van der Waals surface area contributed by atoms with E-state index in [4.69, 9.17) is 15.2 Å². The van der Waals surface area contributed by atoms with Gasteiger partial charge in [-0.1, -0.05) is 0 Å². The van der Waals surface area contributed by atoms with Crippen molar-refractivity contribution in [2.45, 2.75) is 33.2 Å². The van der Waals surface area contributed by atoms with E-state index < -0.39 is 0 Å². The maximum absolute atomic E-state index is 5.82. The van der Waals surface area contributed by atoms with Crippen molar-refractivity contribution in [1.29, 1.82) is 0 Å². The summed E-state index contributed by atoms with van der Waals surface area (Å²) in [5.41, 5.74) is 9.09. The van der Waals surface area contributed by atoms with Gasteiger partial charge in [-0.2, -0.15) is 0 Å². The van der Waals surface area contributed by atoms with Crippen LogP contribution in [0.4, 0.5) is 5.69 Å². The van der Waals surface area contributed by atoms with Crippen molar-refractivity contribution in [2.75, 3.05) is 32.7 Å². The van der Waals surface area contributed by atoms with Crippen LogP contribution in [0.25, 0.3) is 0 Å². The Morgan fingerprint density at radius 2 is 1.84 bits per heavy atom. The average molecular weight is 266 g/mol. The Bertz CT molecular complexity index is 431. The van der Waals surface area contributed by atoms with Crippen LogP contribution in [0.3, 0.4) is 0 Å². The van der Waals surface area contributed by atoms with Gasteiger partial charge < -0.3 is 20.1 Å². The Hall–Kier alpha value is -1.42. The summed E-state index contributed by atoms with van der Waals surface area (Å²) in [6, 6.07) is 2.23. The smallest absolute Gasteiger partial charge is 0.145 e. The number of nitrogens with two attached hydrogens (primary N) is 1. The van der Waals surface area contributed by atoms with Gasteiger partial charge in [0.15, 0.2) is 0 Å². The molecule has 4 nitrogen and oxygen atoms in total. The molecule has 1 aromatic carbocycles. The lowest BCUT2D eigenvalue weighted by Crippen LogP contribution is -2.26. The number of rotatable bonds is 6. The molecule has 1 aromatic rings. The zero-order chi connectivity index (χ0) is 14.6. The maximum Gasteiger partial charge on any atom is 0.145 e.